The van der Waals surface area contributed by atoms with Crippen LogP contribution in [0, 0.1) is 0 Å². The van der Waals surface area contributed by atoms with Gasteiger partial charge in [-0.25, -0.2) is 4.79 Å². The van der Waals surface area contributed by atoms with Crippen molar-refractivity contribution in [2.45, 2.75) is 19.0 Å². The highest BCUT2D eigenvalue weighted by molar-refractivity contribution is 5.90. The van der Waals surface area contributed by atoms with E-state index >= 15 is 0 Å². The van der Waals surface area contributed by atoms with Gasteiger partial charge in [0.1, 0.15) is 6.61 Å². The van der Waals surface area contributed by atoms with Gasteiger partial charge in [-0.2, -0.15) is 26.3 Å². The molecule has 0 radical (unpaired) electrons. The Morgan fingerprint density at radius 1 is 0.958 bits per heavy atom. The molecule has 0 N–H and O–H groups in total. The number of benzene rings is 1. The molecule has 2 rings (SSSR count). The molecule has 0 aliphatic rings. The quantitative estimate of drug-likeness (QED) is 0.606. The van der Waals surface area contributed by atoms with Crippen molar-refractivity contribution in [2.24, 2.45) is 0 Å². The van der Waals surface area contributed by atoms with Crippen molar-refractivity contribution in [3.8, 4) is 0 Å². The maximum absolute atomic E-state index is 12.7. The van der Waals surface area contributed by atoms with E-state index in [0.29, 0.717) is 17.8 Å². The summed E-state index contributed by atoms with van der Waals surface area (Å²) in [7, 11) is 0. The third-order valence-electron chi connectivity index (χ3n) is 2.90. The number of pyridine rings is 1. The van der Waals surface area contributed by atoms with Gasteiger partial charge in [-0.05, 0) is 30.3 Å². The molecule has 1 heterocycles. The topological polar surface area (TPSA) is 39.2 Å². The van der Waals surface area contributed by atoms with Crippen LogP contribution in [0.1, 0.15) is 27.2 Å². The largest absolute Gasteiger partial charge is 0.456 e. The zero-order valence-electron chi connectivity index (χ0n) is 11.8. The van der Waals surface area contributed by atoms with Gasteiger partial charge in [-0.3, -0.25) is 4.98 Å². The third kappa shape index (κ3) is 4.46. The molecule has 0 saturated carbocycles. The summed E-state index contributed by atoms with van der Waals surface area (Å²) in [6, 6.07) is 5.23. The van der Waals surface area contributed by atoms with E-state index in [0.717, 1.165) is 0 Å². The molecule has 3 nitrogen and oxygen atoms in total. The third-order valence-corrected chi connectivity index (χ3v) is 2.90. The monoisotopic (exact) mass is 349 g/mol. The second-order valence-corrected chi connectivity index (χ2v) is 4.69. The smallest absolute Gasteiger partial charge is 0.416 e. The zero-order chi connectivity index (χ0) is 18.0. The number of halogens is 6. The van der Waals surface area contributed by atoms with E-state index in [2.05, 4.69) is 4.98 Å². The van der Waals surface area contributed by atoms with E-state index in [1.807, 2.05) is 0 Å². The Hall–Kier alpha value is -2.58. The van der Waals surface area contributed by atoms with Crippen LogP contribution in [-0.4, -0.2) is 11.0 Å². The Bertz CT molecular complexity index is 693. The van der Waals surface area contributed by atoms with Crippen LogP contribution in [0.4, 0.5) is 26.3 Å². The van der Waals surface area contributed by atoms with Gasteiger partial charge in [-0.1, -0.05) is 6.07 Å². The van der Waals surface area contributed by atoms with Crippen LogP contribution < -0.4 is 0 Å². The summed E-state index contributed by atoms with van der Waals surface area (Å²) in [5.41, 5.74) is -3.70. The van der Waals surface area contributed by atoms with Crippen molar-refractivity contribution < 1.29 is 35.9 Å². The minimum absolute atomic E-state index is 0.0600. The molecular weight excluding hydrogens is 340 g/mol. The maximum Gasteiger partial charge on any atom is 0.416 e. The maximum atomic E-state index is 12.7. The van der Waals surface area contributed by atoms with E-state index in [1.54, 1.807) is 12.1 Å². The van der Waals surface area contributed by atoms with E-state index in [1.165, 1.54) is 12.3 Å². The van der Waals surface area contributed by atoms with Gasteiger partial charge in [0.15, 0.2) is 0 Å². The van der Waals surface area contributed by atoms with Crippen molar-refractivity contribution in [3.05, 3.63) is 65.0 Å². The minimum atomic E-state index is -5.03. The Morgan fingerprint density at radius 3 is 2.00 bits per heavy atom. The van der Waals surface area contributed by atoms with Crippen LogP contribution in [-0.2, 0) is 23.7 Å². The van der Waals surface area contributed by atoms with Gasteiger partial charge in [0.2, 0.25) is 0 Å². The molecule has 0 bridgehead atoms. The molecule has 1 aromatic heterocycles. The molecule has 0 fully saturated rings. The molecule has 0 amide bonds. The van der Waals surface area contributed by atoms with E-state index in [9.17, 15) is 31.1 Å². The summed E-state index contributed by atoms with van der Waals surface area (Å²) >= 11 is 0. The normalized spacial score (nSPS) is 12.1. The van der Waals surface area contributed by atoms with Crippen LogP contribution in [0.5, 0.6) is 0 Å². The highest BCUT2D eigenvalue weighted by Gasteiger charge is 2.37. The fraction of sp³-hybridized carbons (Fsp3) is 0.200. The Kier molecular flexibility index (Phi) is 4.81. The molecule has 0 aliphatic heterocycles. The molecule has 2 aromatic rings. The van der Waals surface area contributed by atoms with E-state index in [4.69, 9.17) is 4.74 Å². The van der Waals surface area contributed by atoms with Gasteiger partial charge < -0.3 is 4.74 Å². The van der Waals surface area contributed by atoms with Crippen LogP contribution in [0.15, 0.2) is 42.6 Å². The van der Waals surface area contributed by atoms with Crippen molar-refractivity contribution in [1.82, 2.24) is 4.98 Å². The lowest BCUT2D eigenvalue weighted by atomic mass is 10.0. The van der Waals surface area contributed by atoms with Gasteiger partial charge >= 0.3 is 18.3 Å². The number of nitrogens with zero attached hydrogens (tertiary/aromatic N) is 1. The highest BCUT2D eigenvalue weighted by atomic mass is 19.4. The standard InChI is InChI=1S/C15H9F6NO2/c16-14(17,18)10-5-9(6-11(7-10)15(19,20)21)13(23)24-8-12-3-1-2-4-22-12/h1-7H,8H2. The summed E-state index contributed by atoms with van der Waals surface area (Å²) in [6.45, 7) is -0.378. The molecule has 9 heteroatoms. The molecular formula is C15H9F6NO2. The molecule has 0 spiro atoms. The number of carbonyl (C=O) groups is 1. The van der Waals surface area contributed by atoms with Gasteiger partial charge in [0.05, 0.1) is 22.4 Å². The van der Waals surface area contributed by atoms with Crippen molar-refractivity contribution >= 4 is 5.97 Å². The second-order valence-electron chi connectivity index (χ2n) is 4.69. The molecule has 0 aliphatic carbocycles. The van der Waals surface area contributed by atoms with Crippen LogP contribution in [0.25, 0.3) is 0 Å². The second kappa shape index (κ2) is 6.50. The summed E-state index contributed by atoms with van der Waals surface area (Å²) in [5, 5.41) is 0. The number of hydrogen-bond acceptors (Lipinski definition) is 3. The summed E-state index contributed by atoms with van der Waals surface area (Å²) < 4.78 is 81.0. The van der Waals surface area contributed by atoms with Crippen molar-refractivity contribution in [3.63, 3.8) is 0 Å². The first-order valence-electron chi connectivity index (χ1n) is 6.44. The number of hydrogen-bond donors (Lipinski definition) is 0. The molecule has 1 aromatic carbocycles. The molecule has 0 atom stereocenters. The Labute approximate surface area is 131 Å². The first-order chi connectivity index (χ1) is 11.1. The van der Waals surface area contributed by atoms with E-state index < -0.39 is 35.0 Å². The summed E-state index contributed by atoms with van der Waals surface area (Å²) in [5.74, 6) is -1.31. The minimum Gasteiger partial charge on any atom is -0.456 e. The lowest BCUT2D eigenvalue weighted by Gasteiger charge is -2.13. The number of esters is 1. The Morgan fingerprint density at radius 2 is 1.54 bits per heavy atom. The summed E-state index contributed by atoms with van der Waals surface area (Å²) in [4.78, 5) is 15.6. The Balaban J connectivity index is 2.29. The molecule has 24 heavy (non-hydrogen) atoms. The van der Waals surface area contributed by atoms with Crippen LogP contribution >= 0.6 is 0 Å². The number of ether oxygens (including phenoxy) is 1. The van der Waals surface area contributed by atoms with Gasteiger partial charge in [0, 0.05) is 6.20 Å². The van der Waals surface area contributed by atoms with Gasteiger partial charge in [-0.15, -0.1) is 0 Å². The van der Waals surface area contributed by atoms with Crippen molar-refractivity contribution in [1.29, 1.82) is 0 Å². The molecule has 0 saturated heterocycles. The average Bonchev–Trinajstić information content (AvgIpc) is 2.51. The fourth-order valence-electron chi connectivity index (χ4n) is 1.78. The number of aromatic nitrogens is 1. The lowest BCUT2D eigenvalue weighted by molar-refractivity contribution is -0.143. The predicted octanol–water partition coefficient (Wildman–Crippen LogP) is 4.48. The van der Waals surface area contributed by atoms with E-state index in [-0.39, 0.29) is 12.7 Å². The highest BCUT2D eigenvalue weighted by Crippen LogP contribution is 2.36. The molecule has 0 unspecified atom stereocenters. The fourth-order valence-corrected chi connectivity index (χ4v) is 1.78. The number of carbonyl (C=O) groups excluding carboxylic acids is 1. The lowest BCUT2D eigenvalue weighted by Crippen LogP contribution is -2.14. The zero-order valence-corrected chi connectivity index (χ0v) is 11.8. The molecule has 128 valence electrons. The number of alkyl halides is 6. The van der Waals surface area contributed by atoms with Gasteiger partial charge in [0.25, 0.3) is 0 Å². The van der Waals surface area contributed by atoms with Crippen LogP contribution in [0.2, 0.25) is 0 Å². The summed E-state index contributed by atoms with van der Waals surface area (Å²) in [6.07, 6.45) is -8.66. The first-order valence-corrected chi connectivity index (χ1v) is 6.44. The van der Waals surface area contributed by atoms with Crippen LogP contribution in [0.3, 0.4) is 0 Å². The van der Waals surface area contributed by atoms with Crippen molar-refractivity contribution in [2.75, 3.05) is 0 Å². The predicted molar refractivity (Wildman–Crippen MR) is 69.8 cm³/mol. The SMILES string of the molecule is O=C(OCc1ccccn1)c1cc(C(F)(F)F)cc(C(F)(F)F)c1. The number of rotatable bonds is 3. The first kappa shape index (κ1) is 17.8. The average molecular weight is 349 g/mol.